The zero-order chi connectivity index (χ0) is 18.6. The quantitative estimate of drug-likeness (QED) is 0.220. The number of hydrogen-bond acceptors (Lipinski definition) is 3. The van der Waals surface area contributed by atoms with Crippen LogP contribution in [0.25, 0.3) is 0 Å². The molecule has 0 bridgehead atoms. The van der Waals surface area contributed by atoms with Gasteiger partial charge in [-0.05, 0) is 38.5 Å². The van der Waals surface area contributed by atoms with Gasteiger partial charge in [-0.3, -0.25) is 9.59 Å². The van der Waals surface area contributed by atoms with E-state index < -0.39 is 10.8 Å². The molecule has 0 rings (SSSR count). The summed E-state index contributed by atoms with van der Waals surface area (Å²) >= 11 is 0. The zero-order valence-corrected chi connectivity index (χ0v) is 17.0. The van der Waals surface area contributed by atoms with Gasteiger partial charge in [-0.15, -0.1) is 0 Å². The van der Waals surface area contributed by atoms with Gasteiger partial charge in [0.2, 0.25) is 0 Å². The third kappa shape index (κ3) is 5.89. The maximum Gasteiger partial charge on any atom is 0.319 e. The standard InChI is InChI=1S/C21H40O3/c1-7-13-15-17-21(11-5,12-6)19(23)24-18(22)20(9-3,10-4)16-14-8-2/h7-17H2,1-6H3. The van der Waals surface area contributed by atoms with Gasteiger partial charge in [0, 0.05) is 0 Å². The van der Waals surface area contributed by atoms with Gasteiger partial charge in [-0.25, -0.2) is 0 Å². The van der Waals surface area contributed by atoms with E-state index in [-0.39, 0.29) is 11.9 Å². The average molecular weight is 341 g/mol. The van der Waals surface area contributed by atoms with E-state index in [0.717, 1.165) is 70.6 Å². The molecule has 3 heteroatoms. The fourth-order valence-corrected chi connectivity index (χ4v) is 3.52. The van der Waals surface area contributed by atoms with Crippen molar-refractivity contribution in [2.24, 2.45) is 10.8 Å². The summed E-state index contributed by atoms with van der Waals surface area (Å²) in [6.45, 7) is 12.4. The van der Waals surface area contributed by atoms with Crippen molar-refractivity contribution in [3.05, 3.63) is 0 Å². The number of ether oxygens (including phenoxy) is 1. The second kappa shape index (κ2) is 11.7. The van der Waals surface area contributed by atoms with E-state index >= 15 is 0 Å². The number of carbonyl (C=O) groups is 2. The van der Waals surface area contributed by atoms with Crippen LogP contribution in [0.4, 0.5) is 0 Å². The third-order valence-corrected chi connectivity index (χ3v) is 6.03. The molecule has 24 heavy (non-hydrogen) atoms. The van der Waals surface area contributed by atoms with Crippen molar-refractivity contribution in [1.29, 1.82) is 0 Å². The Kier molecular flexibility index (Phi) is 11.2. The fraction of sp³-hybridized carbons (Fsp3) is 0.905. The molecule has 0 aliphatic heterocycles. The van der Waals surface area contributed by atoms with Crippen LogP contribution in [0, 0.1) is 10.8 Å². The van der Waals surface area contributed by atoms with Crippen LogP contribution in [0.3, 0.4) is 0 Å². The van der Waals surface area contributed by atoms with Crippen molar-refractivity contribution in [1.82, 2.24) is 0 Å². The Morgan fingerprint density at radius 3 is 1.33 bits per heavy atom. The molecule has 0 spiro atoms. The summed E-state index contributed by atoms with van der Waals surface area (Å²) < 4.78 is 5.49. The Hall–Kier alpha value is -0.860. The molecule has 0 fully saturated rings. The Balaban J connectivity index is 5.14. The molecule has 0 heterocycles. The lowest BCUT2D eigenvalue weighted by Crippen LogP contribution is -2.39. The SMILES string of the molecule is CCCCCC(CC)(CC)C(=O)OC(=O)C(CC)(CC)CCCC. The van der Waals surface area contributed by atoms with Crippen LogP contribution in [0.1, 0.15) is 112 Å². The van der Waals surface area contributed by atoms with Crippen molar-refractivity contribution in [2.45, 2.75) is 112 Å². The Bertz CT molecular complexity index is 365. The number of unbranched alkanes of at least 4 members (excludes halogenated alkanes) is 3. The highest BCUT2D eigenvalue weighted by Crippen LogP contribution is 2.38. The van der Waals surface area contributed by atoms with Gasteiger partial charge >= 0.3 is 11.9 Å². The first-order chi connectivity index (χ1) is 11.4. The van der Waals surface area contributed by atoms with Gasteiger partial charge in [0.15, 0.2) is 0 Å². The minimum Gasteiger partial charge on any atom is -0.392 e. The van der Waals surface area contributed by atoms with Crippen molar-refractivity contribution in [3.8, 4) is 0 Å². The van der Waals surface area contributed by atoms with Crippen molar-refractivity contribution in [2.75, 3.05) is 0 Å². The van der Waals surface area contributed by atoms with Crippen molar-refractivity contribution in [3.63, 3.8) is 0 Å². The summed E-state index contributed by atoms with van der Waals surface area (Å²) in [7, 11) is 0. The molecule has 0 N–H and O–H groups in total. The molecule has 0 aromatic rings. The molecular formula is C21H40O3. The molecule has 0 aromatic carbocycles. The molecule has 142 valence electrons. The summed E-state index contributed by atoms with van der Waals surface area (Å²) in [6.07, 6.45) is 9.87. The smallest absolute Gasteiger partial charge is 0.319 e. The highest BCUT2D eigenvalue weighted by Gasteiger charge is 2.42. The van der Waals surface area contributed by atoms with E-state index in [4.69, 9.17) is 4.74 Å². The molecule has 3 nitrogen and oxygen atoms in total. The number of esters is 2. The molecule has 0 unspecified atom stereocenters. The van der Waals surface area contributed by atoms with Gasteiger partial charge in [0.05, 0.1) is 10.8 Å². The van der Waals surface area contributed by atoms with Crippen LogP contribution < -0.4 is 0 Å². The van der Waals surface area contributed by atoms with Crippen LogP contribution in [0.5, 0.6) is 0 Å². The summed E-state index contributed by atoms with van der Waals surface area (Å²) in [4.78, 5) is 25.7. The minimum absolute atomic E-state index is 0.295. The fourth-order valence-electron chi connectivity index (χ4n) is 3.52. The summed E-state index contributed by atoms with van der Waals surface area (Å²) in [6, 6.07) is 0. The van der Waals surface area contributed by atoms with Gasteiger partial charge in [0.25, 0.3) is 0 Å². The molecule has 0 amide bonds. The monoisotopic (exact) mass is 340 g/mol. The molecule has 0 aliphatic rings. The van der Waals surface area contributed by atoms with E-state index in [2.05, 4.69) is 13.8 Å². The molecule has 0 aliphatic carbocycles. The van der Waals surface area contributed by atoms with E-state index in [9.17, 15) is 9.59 Å². The van der Waals surface area contributed by atoms with Crippen LogP contribution in [0.15, 0.2) is 0 Å². The highest BCUT2D eigenvalue weighted by atomic mass is 16.6. The molecular weight excluding hydrogens is 300 g/mol. The Morgan fingerprint density at radius 1 is 0.625 bits per heavy atom. The van der Waals surface area contributed by atoms with Gasteiger partial charge in [0.1, 0.15) is 0 Å². The topological polar surface area (TPSA) is 43.4 Å². The third-order valence-electron chi connectivity index (χ3n) is 6.03. The van der Waals surface area contributed by atoms with E-state index in [1.165, 1.54) is 0 Å². The van der Waals surface area contributed by atoms with Crippen LogP contribution in [0.2, 0.25) is 0 Å². The molecule has 0 saturated carbocycles. The van der Waals surface area contributed by atoms with Gasteiger partial charge < -0.3 is 4.74 Å². The number of rotatable bonds is 13. The van der Waals surface area contributed by atoms with E-state index in [1.54, 1.807) is 0 Å². The lowest BCUT2D eigenvalue weighted by molar-refractivity contribution is -0.176. The number of carbonyl (C=O) groups excluding carboxylic acids is 2. The lowest BCUT2D eigenvalue weighted by atomic mass is 9.76. The maximum atomic E-state index is 12.8. The normalized spacial score (nSPS) is 12.2. The maximum absolute atomic E-state index is 12.8. The first-order valence-electron chi connectivity index (χ1n) is 10.2. The highest BCUT2D eigenvalue weighted by molar-refractivity contribution is 5.91. The van der Waals surface area contributed by atoms with Gasteiger partial charge in [-0.1, -0.05) is 73.6 Å². The van der Waals surface area contributed by atoms with Crippen LogP contribution in [-0.2, 0) is 14.3 Å². The minimum atomic E-state index is -0.498. The Morgan fingerprint density at radius 2 is 1.00 bits per heavy atom. The summed E-state index contributed by atoms with van der Waals surface area (Å²) in [5, 5.41) is 0. The second-order valence-corrected chi connectivity index (χ2v) is 7.21. The number of hydrogen-bond donors (Lipinski definition) is 0. The first-order valence-corrected chi connectivity index (χ1v) is 10.2. The van der Waals surface area contributed by atoms with E-state index in [1.807, 2.05) is 27.7 Å². The molecule has 0 saturated heterocycles. The Labute approximate surface area is 149 Å². The molecule has 0 radical (unpaired) electrons. The second-order valence-electron chi connectivity index (χ2n) is 7.21. The molecule has 0 atom stereocenters. The predicted octanol–water partition coefficient (Wildman–Crippen LogP) is 6.44. The van der Waals surface area contributed by atoms with Crippen molar-refractivity contribution >= 4 is 11.9 Å². The zero-order valence-electron chi connectivity index (χ0n) is 17.0. The van der Waals surface area contributed by atoms with Crippen LogP contribution in [-0.4, -0.2) is 11.9 Å². The first kappa shape index (κ1) is 23.1. The lowest BCUT2D eigenvalue weighted by Gasteiger charge is -2.33. The molecule has 0 aromatic heterocycles. The van der Waals surface area contributed by atoms with E-state index in [0.29, 0.717) is 0 Å². The summed E-state index contributed by atoms with van der Waals surface area (Å²) in [5.41, 5.74) is -0.995. The largest absolute Gasteiger partial charge is 0.392 e. The average Bonchev–Trinajstić information content (AvgIpc) is 2.60. The van der Waals surface area contributed by atoms with Gasteiger partial charge in [-0.2, -0.15) is 0 Å². The van der Waals surface area contributed by atoms with Crippen molar-refractivity contribution < 1.29 is 14.3 Å². The predicted molar refractivity (Wildman–Crippen MR) is 101 cm³/mol. The van der Waals surface area contributed by atoms with Crippen LogP contribution >= 0.6 is 0 Å². The summed E-state index contributed by atoms with van der Waals surface area (Å²) in [5.74, 6) is -0.593.